The largest absolute Gasteiger partial charge is 0.352 e. The van der Waals surface area contributed by atoms with E-state index in [-0.39, 0.29) is 17.9 Å². The number of hydrogen-bond donors (Lipinski definition) is 2. The predicted octanol–water partition coefficient (Wildman–Crippen LogP) is 4.04. The van der Waals surface area contributed by atoms with Gasteiger partial charge in [-0.25, -0.2) is 0 Å². The highest BCUT2D eigenvalue weighted by molar-refractivity contribution is 7.12. The second kappa shape index (κ2) is 11.1. The first-order valence-electron chi connectivity index (χ1n) is 11.2. The van der Waals surface area contributed by atoms with Crippen LogP contribution in [0, 0.1) is 0 Å². The Hall–Kier alpha value is -2.96. The van der Waals surface area contributed by atoms with Crippen LogP contribution in [0.3, 0.4) is 0 Å². The van der Waals surface area contributed by atoms with Gasteiger partial charge in [0.1, 0.15) is 6.04 Å². The molecule has 0 radical (unpaired) electrons. The molecule has 32 heavy (non-hydrogen) atoms. The summed E-state index contributed by atoms with van der Waals surface area (Å²) >= 11 is 1.37. The molecule has 4 rings (SSSR count). The fraction of sp³-hybridized carbons (Fsp3) is 0.308. The van der Waals surface area contributed by atoms with Gasteiger partial charge < -0.3 is 10.6 Å². The number of likely N-dealkylation sites (tertiary alicyclic amines) is 1. The second-order valence-electron chi connectivity index (χ2n) is 8.11. The molecule has 1 saturated heterocycles. The van der Waals surface area contributed by atoms with Crippen molar-refractivity contribution in [1.29, 1.82) is 0 Å². The van der Waals surface area contributed by atoms with Crippen LogP contribution in [0.1, 0.15) is 39.7 Å². The van der Waals surface area contributed by atoms with Crippen LogP contribution in [0.5, 0.6) is 0 Å². The van der Waals surface area contributed by atoms with Crippen molar-refractivity contribution in [3.63, 3.8) is 0 Å². The zero-order valence-electron chi connectivity index (χ0n) is 18.1. The zero-order valence-corrected chi connectivity index (χ0v) is 18.9. The summed E-state index contributed by atoms with van der Waals surface area (Å²) in [5, 5.41) is 7.95. The Bertz CT molecular complexity index is 986. The van der Waals surface area contributed by atoms with Gasteiger partial charge in [0.2, 0.25) is 5.91 Å². The summed E-state index contributed by atoms with van der Waals surface area (Å²) in [5.41, 5.74) is 2.22. The standard InChI is InChI=1S/C26H29N3O2S/c30-25(27-19-23(29-15-7-8-16-29)21-12-5-2-6-13-21)22(18-20-10-3-1-4-11-20)28-26(31)24-14-9-17-32-24/h1-6,9-14,17,22-23H,7-8,15-16,18-19H2,(H,27,30)(H,28,31). The van der Waals surface area contributed by atoms with E-state index in [0.717, 1.165) is 18.7 Å². The molecule has 3 aromatic rings. The molecule has 2 atom stereocenters. The summed E-state index contributed by atoms with van der Waals surface area (Å²) in [7, 11) is 0. The molecule has 2 heterocycles. The van der Waals surface area contributed by atoms with Crippen molar-refractivity contribution in [2.45, 2.75) is 31.3 Å². The van der Waals surface area contributed by atoms with E-state index in [4.69, 9.17) is 0 Å². The molecule has 2 unspecified atom stereocenters. The summed E-state index contributed by atoms with van der Waals surface area (Å²) in [6.45, 7) is 2.60. The Labute approximate surface area is 193 Å². The molecular formula is C26H29N3O2S. The summed E-state index contributed by atoms with van der Waals surface area (Å²) < 4.78 is 0. The van der Waals surface area contributed by atoms with Crippen molar-refractivity contribution in [3.8, 4) is 0 Å². The maximum Gasteiger partial charge on any atom is 0.262 e. The fourth-order valence-electron chi connectivity index (χ4n) is 4.20. The average molecular weight is 448 g/mol. The molecule has 1 aliphatic heterocycles. The number of amides is 2. The van der Waals surface area contributed by atoms with E-state index in [1.165, 1.54) is 29.7 Å². The Kier molecular flexibility index (Phi) is 7.69. The number of hydrogen-bond acceptors (Lipinski definition) is 4. The normalized spacial score (nSPS) is 15.8. The minimum Gasteiger partial charge on any atom is -0.352 e. The Balaban J connectivity index is 1.47. The van der Waals surface area contributed by atoms with Crippen LogP contribution >= 0.6 is 11.3 Å². The van der Waals surface area contributed by atoms with E-state index in [1.54, 1.807) is 6.07 Å². The van der Waals surface area contributed by atoms with Crippen LogP contribution in [-0.4, -0.2) is 42.4 Å². The monoisotopic (exact) mass is 447 g/mol. The minimum absolute atomic E-state index is 0.132. The van der Waals surface area contributed by atoms with Crippen molar-refractivity contribution in [1.82, 2.24) is 15.5 Å². The Morgan fingerprint density at radius 1 is 0.906 bits per heavy atom. The number of thiophene rings is 1. The third-order valence-electron chi connectivity index (χ3n) is 5.88. The molecule has 1 aliphatic rings. The zero-order chi connectivity index (χ0) is 22.2. The first-order chi connectivity index (χ1) is 15.7. The van der Waals surface area contributed by atoms with Gasteiger partial charge in [-0.2, -0.15) is 0 Å². The van der Waals surface area contributed by atoms with Gasteiger partial charge in [0.15, 0.2) is 0 Å². The molecule has 1 aromatic heterocycles. The van der Waals surface area contributed by atoms with E-state index in [2.05, 4.69) is 27.7 Å². The van der Waals surface area contributed by atoms with E-state index < -0.39 is 6.04 Å². The predicted molar refractivity (Wildman–Crippen MR) is 129 cm³/mol. The number of benzene rings is 2. The fourth-order valence-corrected chi connectivity index (χ4v) is 4.83. The van der Waals surface area contributed by atoms with E-state index in [9.17, 15) is 9.59 Å². The van der Waals surface area contributed by atoms with Crippen molar-refractivity contribution in [2.75, 3.05) is 19.6 Å². The highest BCUT2D eigenvalue weighted by Gasteiger charge is 2.27. The molecular weight excluding hydrogens is 418 g/mol. The minimum atomic E-state index is -0.637. The van der Waals surface area contributed by atoms with Crippen molar-refractivity contribution >= 4 is 23.2 Å². The SMILES string of the molecule is O=C(NC(Cc1ccccc1)C(=O)NCC(c1ccccc1)N1CCCC1)c1cccs1. The number of nitrogens with one attached hydrogen (secondary N) is 2. The van der Waals surface area contributed by atoms with Crippen molar-refractivity contribution in [2.24, 2.45) is 0 Å². The molecule has 2 aromatic carbocycles. The lowest BCUT2D eigenvalue weighted by Gasteiger charge is -2.29. The molecule has 0 spiro atoms. The van der Waals surface area contributed by atoms with E-state index >= 15 is 0 Å². The van der Waals surface area contributed by atoms with Gasteiger partial charge in [0.25, 0.3) is 5.91 Å². The molecule has 2 amide bonds. The smallest absolute Gasteiger partial charge is 0.262 e. The van der Waals surface area contributed by atoms with Gasteiger partial charge in [-0.3, -0.25) is 14.5 Å². The van der Waals surface area contributed by atoms with Gasteiger partial charge in [-0.05, 0) is 48.5 Å². The first kappa shape index (κ1) is 22.2. The van der Waals surface area contributed by atoms with Gasteiger partial charge >= 0.3 is 0 Å². The lowest BCUT2D eigenvalue weighted by atomic mass is 10.0. The van der Waals surface area contributed by atoms with Crippen LogP contribution in [0.25, 0.3) is 0 Å². The van der Waals surface area contributed by atoms with Crippen LogP contribution in [0.15, 0.2) is 78.2 Å². The lowest BCUT2D eigenvalue weighted by molar-refractivity contribution is -0.123. The summed E-state index contributed by atoms with van der Waals surface area (Å²) in [5.74, 6) is -0.367. The van der Waals surface area contributed by atoms with Gasteiger partial charge in [0, 0.05) is 13.0 Å². The molecule has 166 valence electrons. The average Bonchev–Trinajstić information content (AvgIpc) is 3.55. The Morgan fingerprint density at radius 3 is 2.25 bits per heavy atom. The third kappa shape index (κ3) is 5.84. The van der Waals surface area contributed by atoms with E-state index in [0.29, 0.717) is 17.8 Å². The van der Waals surface area contributed by atoms with Gasteiger partial charge in [0.05, 0.1) is 10.9 Å². The molecule has 1 fully saturated rings. The molecule has 0 bridgehead atoms. The lowest BCUT2D eigenvalue weighted by Crippen LogP contribution is -2.49. The Morgan fingerprint density at radius 2 is 1.59 bits per heavy atom. The van der Waals surface area contributed by atoms with Gasteiger partial charge in [-0.15, -0.1) is 11.3 Å². The molecule has 2 N–H and O–H groups in total. The van der Waals surface area contributed by atoms with Crippen LogP contribution < -0.4 is 10.6 Å². The topological polar surface area (TPSA) is 61.4 Å². The highest BCUT2D eigenvalue weighted by atomic mass is 32.1. The number of carbonyl (C=O) groups excluding carboxylic acids is 2. The molecule has 0 saturated carbocycles. The van der Waals surface area contributed by atoms with Gasteiger partial charge in [-0.1, -0.05) is 66.7 Å². The maximum atomic E-state index is 13.3. The van der Waals surface area contributed by atoms with Crippen molar-refractivity contribution in [3.05, 3.63) is 94.2 Å². The molecule has 0 aliphatic carbocycles. The van der Waals surface area contributed by atoms with Crippen LogP contribution in [0.2, 0.25) is 0 Å². The number of rotatable bonds is 9. The summed E-state index contributed by atoms with van der Waals surface area (Å²) in [4.78, 5) is 29.0. The third-order valence-corrected chi connectivity index (χ3v) is 6.75. The van der Waals surface area contributed by atoms with Crippen molar-refractivity contribution < 1.29 is 9.59 Å². The maximum absolute atomic E-state index is 13.3. The van der Waals surface area contributed by atoms with Crippen LogP contribution in [0.4, 0.5) is 0 Å². The summed E-state index contributed by atoms with van der Waals surface area (Å²) in [6.07, 6.45) is 2.82. The molecule has 5 nitrogen and oxygen atoms in total. The van der Waals surface area contributed by atoms with E-state index in [1.807, 2.05) is 60.0 Å². The quantitative estimate of drug-likeness (QED) is 0.520. The number of carbonyl (C=O) groups is 2. The summed E-state index contributed by atoms with van der Waals surface area (Å²) in [6, 6.07) is 23.3. The van der Waals surface area contributed by atoms with Crippen LogP contribution in [-0.2, 0) is 11.2 Å². The number of nitrogens with zero attached hydrogens (tertiary/aromatic N) is 1. The molecule has 6 heteroatoms. The first-order valence-corrected chi connectivity index (χ1v) is 12.0. The second-order valence-corrected chi connectivity index (χ2v) is 9.06. The highest BCUT2D eigenvalue weighted by Crippen LogP contribution is 2.24.